The molecule has 0 aromatic heterocycles. The van der Waals surface area contributed by atoms with E-state index in [1.54, 1.807) is 7.11 Å². The molecule has 1 N–H and O–H groups in total. The summed E-state index contributed by atoms with van der Waals surface area (Å²) in [6.45, 7) is 8.03. The van der Waals surface area contributed by atoms with Crippen molar-refractivity contribution >= 4 is 17.6 Å². The smallest absolute Gasteiger partial charge is 0.193 e. The van der Waals surface area contributed by atoms with Crippen LogP contribution in [0.5, 0.6) is 0 Å². The summed E-state index contributed by atoms with van der Waals surface area (Å²) in [6.07, 6.45) is 1.16. The normalized spacial score (nSPS) is 19.3. The molecule has 1 atom stereocenters. The van der Waals surface area contributed by atoms with Crippen molar-refractivity contribution in [2.75, 3.05) is 40.4 Å². The van der Waals surface area contributed by atoms with Gasteiger partial charge in [-0.2, -0.15) is 0 Å². The van der Waals surface area contributed by atoms with Crippen molar-refractivity contribution in [1.82, 2.24) is 10.2 Å². The van der Waals surface area contributed by atoms with Gasteiger partial charge in [-0.3, -0.25) is 4.99 Å². The lowest BCUT2D eigenvalue weighted by Gasteiger charge is -2.30. The molecule has 1 fully saturated rings. The van der Waals surface area contributed by atoms with Gasteiger partial charge in [-0.15, -0.1) is 0 Å². The maximum atomic E-state index is 6.36. The highest BCUT2D eigenvalue weighted by Gasteiger charge is 2.27. The molecule has 23 heavy (non-hydrogen) atoms. The predicted molar refractivity (Wildman–Crippen MR) is 97.4 cm³/mol. The molecule has 4 nitrogen and oxygen atoms in total. The van der Waals surface area contributed by atoms with E-state index >= 15 is 0 Å². The highest BCUT2D eigenvalue weighted by molar-refractivity contribution is 6.31. The first-order valence-electron chi connectivity index (χ1n) is 8.17. The standard InChI is InChI=1S/C18H28ClN3O/c1-18(2,15-7-5-6-8-16(15)19)13-21-17(20-3)22-10-9-14(11-22)12-23-4/h5-8,14H,9-13H2,1-4H3,(H,20,21). The first-order valence-corrected chi connectivity index (χ1v) is 8.55. The van der Waals surface area contributed by atoms with E-state index in [0.29, 0.717) is 5.92 Å². The number of ether oxygens (including phenoxy) is 1. The van der Waals surface area contributed by atoms with Crippen LogP contribution in [-0.2, 0) is 10.2 Å². The lowest BCUT2D eigenvalue weighted by atomic mass is 9.84. The average molecular weight is 338 g/mol. The molecule has 1 aliphatic heterocycles. The van der Waals surface area contributed by atoms with Crippen molar-refractivity contribution in [3.05, 3.63) is 34.9 Å². The van der Waals surface area contributed by atoms with Gasteiger partial charge in [-0.05, 0) is 18.1 Å². The van der Waals surface area contributed by atoms with Gasteiger partial charge >= 0.3 is 0 Å². The van der Waals surface area contributed by atoms with Crippen LogP contribution in [0, 0.1) is 5.92 Å². The number of methoxy groups -OCH3 is 1. The zero-order chi connectivity index (χ0) is 16.9. The number of nitrogens with one attached hydrogen (secondary N) is 1. The van der Waals surface area contributed by atoms with E-state index in [0.717, 1.165) is 49.2 Å². The molecule has 1 aromatic carbocycles. The highest BCUT2D eigenvalue weighted by Crippen LogP contribution is 2.29. The first kappa shape index (κ1) is 18.1. The van der Waals surface area contributed by atoms with Crippen molar-refractivity contribution in [2.45, 2.75) is 25.7 Å². The molecule has 0 spiro atoms. The molecule has 0 amide bonds. The second-order valence-corrected chi connectivity index (χ2v) is 7.23. The van der Waals surface area contributed by atoms with E-state index in [9.17, 15) is 0 Å². The number of hydrogen-bond acceptors (Lipinski definition) is 2. The van der Waals surface area contributed by atoms with Gasteiger partial charge < -0.3 is 15.0 Å². The monoisotopic (exact) mass is 337 g/mol. The number of aliphatic imine (C=N–C) groups is 1. The number of benzene rings is 1. The third kappa shape index (κ3) is 4.61. The topological polar surface area (TPSA) is 36.9 Å². The minimum absolute atomic E-state index is 0.0695. The summed E-state index contributed by atoms with van der Waals surface area (Å²) in [5.74, 6) is 1.55. The van der Waals surface area contributed by atoms with Crippen molar-refractivity contribution in [3.8, 4) is 0 Å². The van der Waals surface area contributed by atoms with Crippen molar-refractivity contribution in [3.63, 3.8) is 0 Å². The summed E-state index contributed by atoms with van der Waals surface area (Å²) in [6, 6.07) is 8.04. The third-order valence-electron chi connectivity index (χ3n) is 4.49. The predicted octanol–water partition coefficient (Wildman–Crippen LogP) is 3.16. The molecule has 1 saturated heterocycles. The maximum absolute atomic E-state index is 6.36. The van der Waals surface area contributed by atoms with Crippen LogP contribution in [0.3, 0.4) is 0 Å². The Balaban J connectivity index is 1.97. The van der Waals surface area contributed by atoms with Gasteiger partial charge in [0.05, 0.1) is 6.61 Å². The number of rotatable bonds is 5. The van der Waals surface area contributed by atoms with Crippen LogP contribution in [0.15, 0.2) is 29.3 Å². The SMILES string of the molecule is CN=C(NCC(C)(C)c1ccccc1Cl)N1CCC(COC)C1. The van der Waals surface area contributed by atoms with Crippen molar-refractivity contribution in [2.24, 2.45) is 10.9 Å². The third-order valence-corrected chi connectivity index (χ3v) is 4.82. The number of guanidine groups is 1. The Morgan fingerprint density at radius 1 is 1.43 bits per heavy atom. The van der Waals surface area contributed by atoms with Crippen LogP contribution in [-0.4, -0.2) is 51.3 Å². The van der Waals surface area contributed by atoms with E-state index in [4.69, 9.17) is 16.3 Å². The average Bonchev–Trinajstić information content (AvgIpc) is 2.97. The quantitative estimate of drug-likeness (QED) is 0.662. The second-order valence-electron chi connectivity index (χ2n) is 6.82. The summed E-state index contributed by atoms with van der Waals surface area (Å²) in [5.41, 5.74) is 1.09. The summed E-state index contributed by atoms with van der Waals surface area (Å²) >= 11 is 6.36. The van der Waals surface area contributed by atoms with Crippen LogP contribution >= 0.6 is 11.6 Å². The molecular weight excluding hydrogens is 310 g/mol. The van der Waals surface area contributed by atoms with E-state index in [2.05, 4.69) is 35.1 Å². The molecule has 0 radical (unpaired) electrons. The van der Waals surface area contributed by atoms with Gasteiger partial charge in [0.25, 0.3) is 0 Å². The number of hydrogen-bond donors (Lipinski definition) is 1. The van der Waals surface area contributed by atoms with Gasteiger partial charge in [-0.1, -0.05) is 43.6 Å². The molecule has 128 valence electrons. The Hall–Kier alpha value is -1.26. The van der Waals surface area contributed by atoms with Crippen molar-refractivity contribution < 1.29 is 4.74 Å². The first-order chi connectivity index (χ1) is 11.0. The fourth-order valence-corrected chi connectivity index (χ4v) is 3.53. The Morgan fingerprint density at radius 3 is 2.83 bits per heavy atom. The number of halogens is 1. The summed E-state index contributed by atoms with van der Waals surface area (Å²) in [7, 11) is 3.61. The van der Waals surface area contributed by atoms with Crippen LogP contribution in [0.25, 0.3) is 0 Å². The van der Waals surface area contributed by atoms with Crippen LogP contribution in [0.4, 0.5) is 0 Å². The molecule has 1 aliphatic rings. The van der Waals surface area contributed by atoms with Gasteiger partial charge in [-0.25, -0.2) is 0 Å². The van der Waals surface area contributed by atoms with Gasteiger partial charge in [0.15, 0.2) is 5.96 Å². The molecule has 0 aliphatic carbocycles. The Kier molecular flexibility index (Phi) is 6.31. The zero-order valence-corrected chi connectivity index (χ0v) is 15.4. The largest absolute Gasteiger partial charge is 0.384 e. The fourth-order valence-electron chi connectivity index (χ4n) is 3.13. The molecule has 1 heterocycles. The molecule has 0 bridgehead atoms. The summed E-state index contributed by atoms with van der Waals surface area (Å²) in [5, 5.41) is 4.33. The lowest BCUT2D eigenvalue weighted by Crippen LogP contribution is -2.45. The lowest BCUT2D eigenvalue weighted by molar-refractivity contribution is 0.157. The minimum atomic E-state index is -0.0695. The van der Waals surface area contributed by atoms with E-state index in [1.807, 2.05) is 25.2 Å². The minimum Gasteiger partial charge on any atom is -0.384 e. The summed E-state index contributed by atoms with van der Waals surface area (Å²) < 4.78 is 5.27. The second kappa shape index (κ2) is 8.02. The van der Waals surface area contributed by atoms with Crippen LogP contribution in [0.2, 0.25) is 5.02 Å². The molecule has 5 heteroatoms. The van der Waals surface area contributed by atoms with Crippen LogP contribution < -0.4 is 5.32 Å². The highest BCUT2D eigenvalue weighted by atomic mass is 35.5. The fraction of sp³-hybridized carbons (Fsp3) is 0.611. The molecular formula is C18H28ClN3O. The maximum Gasteiger partial charge on any atom is 0.193 e. The summed E-state index contributed by atoms with van der Waals surface area (Å²) in [4.78, 5) is 6.75. The molecule has 0 saturated carbocycles. The number of likely N-dealkylation sites (tertiary alicyclic amines) is 1. The zero-order valence-electron chi connectivity index (χ0n) is 14.6. The van der Waals surface area contributed by atoms with Crippen molar-refractivity contribution in [1.29, 1.82) is 0 Å². The molecule has 2 rings (SSSR count). The Morgan fingerprint density at radius 2 is 2.17 bits per heavy atom. The van der Waals surface area contributed by atoms with E-state index in [1.165, 1.54) is 0 Å². The Labute approximate surface area is 144 Å². The van der Waals surface area contributed by atoms with Gasteiger partial charge in [0, 0.05) is 50.1 Å². The van der Waals surface area contributed by atoms with E-state index in [-0.39, 0.29) is 5.41 Å². The van der Waals surface area contributed by atoms with E-state index < -0.39 is 0 Å². The molecule has 1 aromatic rings. The number of nitrogens with zero attached hydrogens (tertiary/aromatic N) is 2. The van der Waals surface area contributed by atoms with Gasteiger partial charge in [0.2, 0.25) is 0 Å². The van der Waals surface area contributed by atoms with Gasteiger partial charge in [0.1, 0.15) is 0 Å². The van der Waals surface area contributed by atoms with Crippen LogP contribution in [0.1, 0.15) is 25.8 Å². The Bertz CT molecular complexity index is 545. The molecule has 1 unspecified atom stereocenters.